The number of carbonyl (C=O) groups excluding carboxylic acids is 1. The van der Waals surface area contributed by atoms with Gasteiger partial charge in [-0.05, 0) is 31.2 Å². The molecule has 3 rings (SSSR count). The average molecular weight is 365 g/mol. The first kappa shape index (κ1) is 17.5. The Kier molecular flexibility index (Phi) is 6.31. The Morgan fingerprint density at radius 2 is 2.21 bits per heavy atom. The number of hydrogen-bond acceptors (Lipinski definition) is 5. The highest BCUT2D eigenvalue weighted by atomic mass is 32.2. The third-order valence-corrected chi connectivity index (χ3v) is 6.25. The van der Waals surface area contributed by atoms with E-state index in [0.717, 1.165) is 17.5 Å². The van der Waals surface area contributed by atoms with Crippen LogP contribution in [0.15, 0.2) is 22.7 Å². The number of rotatable bonds is 7. The second-order valence-corrected chi connectivity index (χ2v) is 8.04. The van der Waals surface area contributed by atoms with Crippen LogP contribution in [0.2, 0.25) is 0 Å². The SMILES string of the molecule is CCn1c(SCC(=O)NCc2cccs2)nnc1C1CCCCC1. The molecule has 1 aliphatic carbocycles. The van der Waals surface area contributed by atoms with Crippen LogP contribution >= 0.6 is 23.1 Å². The second-order valence-electron chi connectivity index (χ2n) is 6.06. The summed E-state index contributed by atoms with van der Waals surface area (Å²) in [6.07, 6.45) is 6.33. The molecule has 1 aliphatic rings. The van der Waals surface area contributed by atoms with Crippen molar-refractivity contribution in [3.63, 3.8) is 0 Å². The van der Waals surface area contributed by atoms with Crippen molar-refractivity contribution in [1.82, 2.24) is 20.1 Å². The van der Waals surface area contributed by atoms with Gasteiger partial charge in [-0.25, -0.2) is 0 Å². The second kappa shape index (κ2) is 8.67. The molecule has 1 N–H and O–H groups in total. The zero-order valence-electron chi connectivity index (χ0n) is 14.0. The molecule has 24 heavy (non-hydrogen) atoms. The Morgan fingerprint density at radius 3 is 2.92 bits per heavy atom. The van der Waals surface area contributed by atoms with E-state index in [4.69, 9.17) is 0 Å². The lowest BCUT2D eigenvalue weighted by molar-refractivity contribution is -0.118. The van der Waals surface area contributed by atoms with Gasteiger partial charge in [-0.1, -0.05) is 37.1 Å². The maximum Gasteiger partial charge on any atom is 0.230 e. The first-order chi connectivity index (χ1) is 11.8. The zero-order valence-corrected chi connectivity index (χ0v) is 15.7. The molecule has 2 aromatic rings. The van der Waals surface area contributed by atoms with Crippen molar-refractivity contribution >= 4 is 29.0 Å². The van der Waals surface area contributed by atoms with Gasteiger partial charge >= 0.3 is 0 Å². The number of aromatic nitrogens is 3. The molecule has 1 saturated carbocycles. The number of thioether (sulfide) groups is 1. The molecule has 2 aromatic heterocycles. The molecular formula is C17H24N4OS2. The number of nitrogens with zero attached hydrogens (tertiary/aromatic N) is 3. The lowest BCUT2D eigenvalue weighted by Crippen LogP contribution is -2.24. The van der Waals surface area contributed by atoms with Gasteiger partial charge in [0.2, 0.25) is 5.91 Å². The van der Waals surface area contributed by atoms with Gasteiger partial charge in [-0.3, -0.25) is 4.79 Å². The van der Waals surface area contributed by atoms with Gasteiger partial charge in [0.25, 0.3) is 0 Å². The molecule has 0 radical (unpaired) electrons. The minimum Gasteiger partial charge on any atom is -0.350 e. The van der Waals surface area contributed by atoms with E-state index < -0.39 is 0 Å². The topological polar surface area (TPSA) is 59.8 Å². The average Bonchev–Trinajstić information content (AvgIpc) is 3.28. The normalized spacial score (nSPS) is 15.5. The third kappa shape index (κ3) is 4.39. The Hall–Kier alpha value is -1.34. The minimum atomic E-state index is 0.0401. The van der Waals surface area contributed by atoms with Gasteiger partial charge in [-0.2, -0.15) is 0 Å². The van der Waals surface area contributed by atoms with Crippen molar-refractivity contribution in [1.29, 1.82) is 0 Å². The fourth-order valence-electron chi connectivity index (χ4n) is 3.15. The van der Waals surface area contributed by atoms with Crippen LogP contribution in [-0.4, -0.2) is 26.4 Å². The molecule has 0 saturated heterocycles. The van der Waals surface area contributed by atoms with E-state index in [1.54, 1.807) is 11.3 Å². The molecule has 0 aliphatic heterocycles. The van der Waals surface area contributed by atoms with Gasteiger partial charge < -0.3 is 9.88 Å². The molecular weight excluding hydrogens is 340 g/mol. The summed E-state index contributed by atoms with van der Waals surface area (Å²) in [6.45, 7) is 3.58. The molecule has 5 nitrogen and oxygen atoms in total. The van der Waals surface area contributed by atoms with Crippen LogP contribution in [0, 0.1) is 0 Å². The fourth-order valence-corrected chi connectivity index (χ4v) is 4.63. The maximum absolute atomic E-state index is 12.0. The van der Waals surface area contributed by atoms with Crippen LogP contribution in [0.1, 0.15) is 55.6 Å². The molecule has 2 heterocycles. The Balaban J connectivity index is 1.54. The summed E-state index contributed by atoms with van der Waals surface area (Å²) in [5.74, 6) is 2.07. The standard InChI is InChI=1S/C17H24N4OS2/c1-2-21-16(13-7-4-3-5-8-13)19-20-17(21)24-12-15(22)18-11-14-9-6-10-23-14/h6,9-10,13H,2-5,7-8,11-12H2,1H3,(H,18,22). The van der Waals surface area contributed by atoms with Crippen molar-refractivity contribution in [3.8, 4) is 0 Å². The highest BCUT2D eigenvalue weighted by molar-refractivity contribution is 7.99. The number of thiophene rings is 1. The van der Waals surface area contributed by atoms with Crippen molar-refractivity contribution in [2.75, 3.05) is 5.75 Å². The van der Waals surface area contributed by atoms with Gasteiger partial charge in [0.1, 0.15) is 5.82 Å². The molecule has 0 atom stereocenters. The molecule has 0 unspecified atom stereocenters. The van der Waals surface area contributed by atoms with E-state index in [1.165, 1.54) is 48.7 Å². The lowest BCUT2D eigenvalue weighted by atomic mass is 9.89. The Bertz CT molecular complexity index is 648. The number of amides is 1. The summed E-state index contributed by atoms with van der Waals surface area (Å²) in [5, 5.41) is 14.6. The number of nitrogens with one attached hydrogen (secondary N) is 1. The quantitative estimate of drug-likeness (QED) is 0.759. The van der Waals surface area contributed by atoms with E-state index in [9.17, 15) is 4.79 Å². The van der Waals surface area contributed by atoms with Gasteiger partial charge in [-0.15, -0.1) is 21.5 Å². The van der Waals surface area contributed by atoms with E-state index >= 15 is 0 Å². The smallest absolute Gasteiger partial charge is 0.230 e. The molecule has 0 aromatic carbocycles. The predicted molar refractivity (Wildman–Crippen MR) is 98.4 cm³/mol. The highest BCUT2D eigenvalue weighted by Crippen LogP contribution is 2.33. The summed E-state index contributed by atoms with van der Waals surface area (Å²) in [5.41, 5.74) is 0. The minimum absolute atomic E-state index is 0.0401. The zero-order chi connectivity index (χ0) is 16.8. The van der Waals surface area contributed by atoms with Gasteiger partial charge in [0.05, 0.1) is 12.3 Å². The van der Waals surface area contributed by atoms with Crippen LogP contribution in [0.5, 0.6) is 0 Å². The van der Waals surface area contributed by atoms with Gasteiger partial charge in [0.15, 0.2) is 5.16 Å². The molecule has 1 fully saturated rings. The third-order valence-electron chi connectivity index (χ3n) is 4.40. The van der Waals surface area contributed by atoms with Gasteiger partial charge in [0, 0.05) is 17.3 Å². The fraction of sp³-hybridized carbons (Fsp3) is 0.588. The highest BCUT2D eigenvalue weighted by Gasteiger charge is 2.23. The first-order valence-corrected chi connectivity index (χ1v) is 10.5. The summed E-state index contributed by atoms with van der Waals surface area (Å²) in [7, 11) is 0. The molecule has 7 heteroatoms. The van der Waals surface area contributed by atoms with Crippen LogP contribution in [0.3, 0.4) is 0 Å². The predicted octanol–water partition coefficient (Wildman–Crippen LogP) is 3.82. The van der Waals surface area contributed by atoms with E-state index in [-0.39, 0.29) is 5.91 Å². The summed E-state index contributed by atoms with van der Waals surface area (Å²) in [6, 6.07) is 4.03. The van der Waals surface area contributed by atoms with E-state index in [1.807, 2.05) is 17.5 Å². The van der Waals surface area contributed by atoms with Crippen LogP contribution < -0.4 is 5.32 Å². The van der Waals surface area contributed by atoms with Crippen molar-refractivity contribution in [3.05, 3.63) is 28.2 Å². The first-order valence-electron chi connectivity index (χ1n) is 8.63. The molecule has 1 amide bonds. The number of hydrogen-bond donors (Lipinski definition) is 1. The maximum atomic E-state index is 12.0. The molecule has 130 valence electrons. The molecule has 0 bridgehead atoms. The van der Waals surface area contributed by atoms with Crippen LogP contribution in [-0.2, 0) is 17.9 Å². The summed E-state index contributed by atoms with van der Waals surface area (Å²) < 4.78 is 2.19. The Morgan fingerprint density at radius 1 is 1.38 bits per heavy atom. The van der Waals surface area contributed by atoms with E-state index in [0.29, 0.717) is 18.2 Å². The van der Waals surface area contributed by atoms with Crippen LogP contribution in [0.25, 0.3) is 0 Å². The molecule has 0 spiro atoms. The van der Waals surface area contributed by atoms with Crippen molar-refractivity contribution < 1.29 is 4.79 Å². The summed E-state index contributed by atoms with van der Waals surface area (Å²) in [4.78, 5) is 13.2. The lowest BCUT2D eigenvalue weighted by Gasteiger charge is -2.21. The van der Waals surface area contributed by atoms with Crippen LogP contribution in [0.4, 0.5) is 0 Å². The number of carbonyl (C=O) groups is 1. The monoisotopic (exact) mass is 364 g/mol. The van der Waals surface area contributed by atoms with E-state index in [2.05, 4.69) is 27.0 Å². The Labute approximate surface area is 151 Å². The van der Waals surface area contributed by atoms with Crippen molar-refractivity contribution in [2.24, 2.45) is 0 Å². The summed E-state index contributed by atoms with van der Waals surface area (Å²) >= 11 is 3.14. The largest absolute Gasteiger partial charge is 0.350 e. The van der Waals surface area contributed by atoms with Crippen molar-refractivity contribution in [2.45, 2.75) is 63.2 Å².